The van der Waals surface area contributed by atoms with E-state index in [1.165, 1.54) is 20.9 Å². The lowest BCUT2D eigenvalue weighted by Gasteiger charge is -2.34. The smallest absolute Gasteiger partial charge is 0.282 e. The Labute approximate surface area is 208 Å². The molecule has 3 rings (SSSR count). The number of likely N-dealkylation sites (N-methyl/N-ethyl adjacent to an activating group) is 1. The predicted molar refractivity (Wildman–Crippen MR) is 126 cm³/mol. The number of rotatable bonds is 11. The summed E-state index contributed by atoms with van der Waals surface area (Å²) < 4.78 is 67.4. The van der Waals surface area contributed by atoms with Gasteiger partial charge in [0.25, 0.3) is 16.1 Å². The number of halogens is 3. The van der Waals surface area contributed by atoms with Gasteiger partial charge >= 0.3 is 0 Å². The number of hydrogen-bond donors (Lipinski definition) is 1. The molecule has 1 N–H and O–H groups in total. The van der Waals surface area contributed by atoms with Gasteiger partial charge in [-0.2, -0.15) is 17.0 Å². The fourth-order valence-electron chi connectivity index (χ4n) is 3.19. The predicted octanol–water partition coefficient (Wildman–Crippen LogP) is 3.59. The standard InChI is InChI=1S/C22H27ClF2N4O5S/c1-4-28(35(31,32)29-7-5-8-29)9-6-26-21(30)16-11-19(25)20(12-18(16)24)34-15-10-17(23)22(27-13-15)33-14(2)3/h10-14H,4-9H2,1-3H3,(H,26,30). The SMILES string of the molecule is CCN(CCNC(=O)c1cc(F)c(Oc2cnc(OC(C)C)c(Cl)c2)cc1F)S(=O)(=O)N1CCC1. The summed E-state index contributed by atoms with van der Waals surface area (Å²) >= 11 is 6.08. The first-order valence-corrected chi connectivity index (χ1v) is 12.8. The summed E-state index contributed by atoms with van der Waals surface area (Å²) in [4.78, 5) is 16.4. The molecule has 1 fully saturated rings. The van der Waals surface area contributed by atoms with Gasteiger partial charge in [0.05, 0.1) is 17.9 Å². The highest BCUT2D eigenvalue weighted by molar-refractivity contribution is 7.86. The Balaban J connectivity index is 1.63. The van der Waals surface area contributed by atoms with E-state index in [1.807, 2.05) is 0 Å². The molecule has 1 aromatic heterocycles. The highest BCUT2D eigenvalue weighted by Crippen LogP contribution is 2.31. The molecule has 0 saturated carbocycles. The Morgan fingerprint density at radius 2 is 1.97 bits per heavy atom. The molecule has 35 heavy (non-hydrogen) atoms. The Hall–Kier alpha value is -2.54. The van der Waals surface area contributed by atoms with Crippen LogP contribution in [-0.2, 0) is 10.2 Å². The first kappa shape index (κ1) is 27.1. The van der Waals surface area contributed by atoms with Crippen LogP contribution in [0.25, 0.3) is 0 Å². The maximum atomic E-state index is 14.6. The van der Waals surface area contributed by atoms with E-state index < -0.39 is 39.1 Å². The summed E-state index contributed by atoms with van der Waals surface area (Å²) in [6, 6.07) is 2.79. The van der Waals surface area contributed by atoms with E-state index in [0.29, 0.717) is 19.2 Å². The van der Waals surface area contributed by atoms with Crippen LogP contribution in [0.1, 0.15) is 37.6 Å². The van der Waals surface area contributed by atoms with Crippen LogP contribution in [0.3, 0.4) is 0 Å². The van der Waals surface area contributed by atoms with E-state index in [1.54, 1.807) is 20.8 Å². The Kier molecular flexibility index (Phi) is 8.86. The number of carbonyl (C=O) groups is 1. The van der Waals surface area contributed by atoms with Crippen LogP contribution in [0.15, 0.2) is 24.4 Å². The van der Waals surface area contributed by atoms with Crippen molar-refractivity contribution in [3.63, 3.8) is 0 Å². The number of carbonyl (C=O) groups excluding carboxylic acids is 1. The second kappa shape index (κ2) is 11.5. The Morgan fingerprint density at radius 1 is 1.26 bits per heavy atom. The van der Waals surface area contributed by atoms with Gasteiger partial charge in [-0.05, 0) is 26.3 Å². The Bertz CT molecular complexity index is 1180. The highest BCUT2D eigenvalue weighted by atomic mass is 35.5. The normalized spacial score (nSPS) is 14.2. The van der Waals surface area contributed by atoms with Crippen molar-refractivity contribution in [2.75, 3.05) is 32.7 Å². The van der Waals surface area contributed by atoms with Gasteiger partial charge in [-0.25, -0.2) is 13.8 Å². The van der Waals surface area contributed by atoms with Crippen molar-refractivity contribution >= 4 is 27.7 Å². The number of ether oxygens (including phenoxy) is 2. The third-order valence-electron chi connectivity index (χ3n) is 5.09. The van der Waals surface area contributed by atoms with E-state index in [9.17, 15) is 22.0 Å². The second-order valence-electron chi connectivity index (χ2n) is 8.00. The van der Waals surface area contributed by atoms with Crippen molar-refractivity contribution in [3.8, 4) is 17.4 Å². The van der Waals surface area contributed by atoms with Crippen LogP contribution < -0.4 is 14.8 Å². The van der Waals surface area contributed by atoms with E-state index in [0.717, 1.165) is 12.5 Å². The summed E-state index contributed by atoms with van der Waals surface area (Å²) in [6.45, 7) is 6.34. The first-order chi connectivity index (χ1) is 16.5. The fourth-order valence-corrected chi connectivity index (χ4v) is 5.08. The molecular weight excluding hydrogens is 506 g/mol. The van der Waals surface area contributed by atoms with E-state index in [-0.39, 0.29) is 42.4 Å². The van der Waals surface area contributed by atoms with Crippen LogP contribution in [0.5, 0.6) is 17.4 Å². The quantitative estimate of drug-likeness (QED) is 0.474. The largest absolute Gasteiger partial charge is 0.474 e. The Morgan fingerprint density at radius 3 is 2.54 bits per heavy atom. The molecule has 0 atom stereocenters. The minimum atomic E-state index is -3.60. The molecule has 13 heteroatoms. The fraction of sp³-hybridized carbons (Fsp3) is 0.455. The number of amides is 1. The second-order valence-corrected chi connectivity index (χ2v) is 10.3. The topological polar surface area (TPSA) is 101 Å². The monoisotopic (exact) mass is 532 g/mol. The molecule has 1 saturated heterocycles. The van der Waals surface area contributed by atoms with Gasteiger partial charge in [0.2, 0.25) is 5.88 Å². The lowest BCUT2D eigenvalue weighted by Crippen LogP contribution is -2.51. The average Bonchev–Trinajstić information content (AvgIpc) is 2.73. The lowest BCUT2D eigenvalue weighted by molar-refractivity contribution is 0.0946. The number of aromatic nitrogens is 1. The molecule has 1 amide bonds. The molecule has 192 valence electrons. The molecular formula is C22H27ClF2N4O5S. The number of nitrogens with one attached hydrogen (secondary N) is 1. The third-order valence-corrected chi connectivity index (χ3v) is 7.47. The molecule has 9 nitrogen and oxygen atoms in total. The zero-order valence-electron chi connectivity index (χ0n) is 19.6. The van der Waals surface area contributed by atoms with Crippen LogP contribution in [0, 0.1) is 11.6 Å². The average molecular weight is 533 g/mol. The molecule has 1 aromatic carbocycles. The van der Waals surface area contributed by atoms with Crippen LogP contribution in [0.4, 0.5) is 8.78 Å². The number of hydrogen-bond acceptors (Lipinski definition) is 6. The maximum Gasteiger partial charge on any atom is 0.282 e. The van der Waals surface area contributed by atoms with Gasteiger partial charge in [0.1, 0.15) is 16.6 Å². The van der Waals surface area contributed by atoms with E-state index >= 15 is 0 Å². The summed E-state index contributed by atoms with van der Waals surface area (Å²) in [5, 5.41) is 2.55. The van der Waals surface area contributed by atoms with Gasteiger partial charge in [-0.15, -0.1) is 0 Å². The molecule has 0 radical (unpaired) electrons. The first-order valence-electron chi connectivity index (χ1n) is 11.1. The number of pyridine rings is 1. The van der Waals surface area contributed by atoms with Gasteiger partial charge < -0.3 is 14.8 Å². The molecule has 1 aliphatic heterocycles. The van der Waals surface area contributed by atoms with Crippen molar-refractivity contribution in [3.05, 3.63) is 46.6 Å². The van der Waals surface area contributed by atoms with Crippen molar-refractivity contribution in [2.45, 2.75) is 33.3 Å². The summed E-state index contributed by atoms with van der Waals surface area (Å²) in [5.74, 6) is -3.13. The van der Waals surface area contributed by atoms with Crippen molar-refractivity contribution in [1.82, 2.24) is 18.9 Å². The third kappa shape index (κ3) is 6.57. The van der Waals surface area contributed by atoms with Gasteiger partial charge in [-0.3, -0.25) is 4.79 Å². The molecule has 0 aliphatic carbocycles. The highest BCUT2D eigenvalue weighted by Gasteiger charge is 2.32. The van der Waals surface area contributed by atoms with Gasteiger partial charge in [-0.1, -0.05) is 18.5 Å². The molecule has 0 unspecified atom stereocenters. The lowest BCUT2D eigenvalue weighted by atomic mass is 10.1. The van der Waals surface area contributed by atoms with E-state index in [2.05, 4.69) is 10.3 Å². The maximum absolute atomic E-state index is 14.6. The van der Waals surface area contributed by atoms with E-state index in [4.69, 9.17) is 21.1 Å². The summed E-state index contributed by atoms with van der Waals surface area (Å²) in [7, 11) is -3.60. The van der Waals surface area contributed by atoms with Gasteiger partial charge in [0, 0.05) is 44.9 Å². The molecule has 2 aromatic rings. The molecule has 1 aliphatic rings. The number of benzene rings is 1. The minimum Gasteiger partial charge on any atom is -0.474 e. The zero-order chi connectivity index (χ0) is 25.8. The summed E-state index contributed by atoms with van der Waals surface area (Å²) in [6.07, 6.45) is 1.89. The van der Waals surface area contributed by atoms with Crippen LogP contribution >= 0.6 is 11.6 Å². The van der Waals surface area contributed by atoms with Crippen molar-refractivity contribution in [2.24, 2.45) is 0 Å². The molecule has 0 bridgehead atoms. The summed E-state index contributed by atoms with van der Waals surface area (Å²) in [5.41, 5.74) is -0.541. The van der Waals surface area contributed by atoms with Crippen LogP contribution in [0.2, 0.25) is 5.02 Å². The number of nitrogens with zero attached hydrogens (tertiary/aromatic N) is 3. The van der Waals surface area contributed by atoms with Crippen molar-refractivity contribution < 1.29 is 31.5 Å². The molecule has 0 spiro atoms. The van der Waals surface area contributed by atoms with Crippen molar-refractivity contribution in [1.29, 1.82) is 0 Å². The zero-order valence-corrected chi connectivity index (χ0v) is 21.1. The minimum absolute atomic E-state index is 0.00333. The van der Waals surface area contributed by atoms with Gasteiger partial charge in [0.15, 0.2) is 11.6 Å². The van der Waals surface area contributed by atoms with Crippen LogP contribution in [-0.4, -0.2) is 66.7 Å². The molecule has 2 heterocycles.